The highest BCUT2D eigenvalue weighted by molar-refractivity contribution is 9.10. The van der Waals surface area contributed by atoms with Gasteiger partial charge in [-0.1, -0.05) is 6.07 Å². The second-order valence-electron chi connectivity index (χ2n) is 4.49. The van der Waals surface area contributed by atoms with E-state index < -0.39 is 0 Å². The molecular weight excluding hydrogens is 266 g/mol. The van der Waals surface area contributed by atoms with Crippen LogP contribution in [0, 0.1) is 0 Å². The van der Waals surface area contributed by atoms with Crippen molar-refractivity contribution >= 4 is 21.6 Å². The Morgan fingerprint density at radius 1 is 1.44 bits per heavy atom. The number of likely N-dealkylation sites (tertiary alicyclic amines) is 1. The topological polar surface area (TPSA) is 20.5 Å². The number of pyridine rings is 1. The quantitative estimate of drug-likeness (QED) is 0.748. The van der Waals surface area contributed by atoms with Crippen molar-refractivity contribution in [1.82, 2.24) is 14.3 Å². The molecule has 4 heteroatoms. The van der Waals surface area contributed by atoms with Gasteiger partial charge in [-0.25, -0.2) is 4.98 Å². The van der Waals surface area contributed by atoms with Crippen molar-refractivity contribution in [1.29, 1.82) is 0 Å². The van der Waals surface area contributed by atoms with Crippen molar-refractivity contribution in [2.45, 2.75) is 12.3 Å². The Bertz CT molecular complexity index is 520. The highest BCUT2D eigenvalue weighted by Gasteiger charge is 2.23. The van der Waals surface area contributed by atoms with E-state index in [0.717, 1.165) is 16.8 Å². The minimum absolute atomic E-state index is 0.594. The van der Waals surface area contributed by atoms with Gasteiger partial charge in [0.1, 0.15) is 5.65 Å². The summed E-state index contributed by atoms with van der Waals surface area (Å²) in [4.78, 5) is 7.06. The minimum Gasteiger partial charge on any atom is -0.306 e. The Morgan fingerprint density at radius 2 is 2.31 bits per heavy atom. The van der Waals surface area contributed by atoms with Gasteiger partial charge in [0.15, 0.2) is 0 Å². The first-order chi connectivity index (χ1) is 7.74. The number of hydrogen-bond donors (Lipinski definition) is 0. The average molecular weight is 280 g/mol. The van der Waals surface area contributed by atoms with Crippen LogP contribution in [0.25, 0.3) is 5.65 Å². The average Bonchev–Trinajstić information content (AvgIpc) is 2.84. The zero-order valence-electron chi connectivity index (χ0n) is 9.23. The van der Waals surface area contributed by atoms with E-state index in [9.17, 15) is 0 Å². The van der Waals surface area contributed by atoms with E-state index in [-0.39, 0.29) is 0 Å². The van der Waals surface area contributed by atoms with E-state index in [0.29, 0.717) is 5.92 Å². The van der Waals surface area contributed by atoms with Crippen molar-refractivity contribution in [3.05, 3.63) is 34.7 Å². The number of imidazole rings is 1. The molecule has 1 aliphatic rings. The van der Waals surface area contributed by atoms with Crippen LogP contribution in [-0.4, -0.2) is 34.4 Å². The van der Waals surface area contributed by atoms with Crippen molar-refractivity contribution in [2.75, 3.05) is 20.1 Å². The second-order valence-corrected chi connectivity index (χ2v) is 5.30. The maximum absolute atomic E-state index is 4.70. The molecule has 2 aromatic heterocycles. The van der Waals surface area contributed by atoms with E-state index >= 15 is 0 Å². The summed E-state index contributed by atoms with van der Waals surface area (Å²) in [7, 11) is 2.17. The van der Waals surface area contributed by atoms with E-state index in [1.54, 1.807) is 0 Å². The molecule has 1 atom stereocenters. The van der Waals surface area contributed by atoms with Crippen LogP contribution >= 0.6 is 15.9 Å². The van der Waals surface area contributed by atoms with Crippen LogP contribution in [0.1, 0.15) is 18.0 Å². The lowest BCUT2D eigenvalue weighted by atomic mass is 10.1. The molecule has 0 aromatic carbocycles. The molecule has 1 fully saturated rings. The monoisotopic (exact) mass is 279 g/mol. The summed E-state index contributed by atoms with van der Waals surface area (Å²) < 4.78 is 3.17. The fourth-order valence-corrected chi connectivity index (χ4v) is 2.81. The number of halogens is 1. The predicted molar refractivity (Wildman–Crippen MR) is 67.7 cm³/mol. The van der Waals surface area contributed by atoms with Gasteiger partial charge in [0, 0.05) is 18.7 Å². The first-order valence-electron chi connectivity index (χ1n) is 5.56. The normalized spacial score (nSPS) is 22.0. The van der Waals surface area contributed by atoms with Crippen LogP contribution in [-0.2, 0) is 0 Å². The molecule has 3 rings (SSSR count). The van der Waals surface area contributed by atoms with E-state index in [4.69, 9.17) is 4.98 Å². The molecule has 0 aliphatic carbocycles. The van der Waals surface area contributed by atoms with Crippen LogP contribution in [0.2, 0.25) is 0 Å². The van der Waals surface area contributed by atoms with Gasteiger partial charge in [0.25, 0.3) is 0 Å². The Hall–Kier alpha value is -0.870. The molecule has 0 spiro atoms. The lowest BCUT2D eigenvalue weighted by Gasteiger charge is -2.06. The molecule has 0 saturated carbocycles. The SMILES string of the molecule is CN1CCC(c2cn3c(Br)cccc3n2)C1. The summed E-state index contributed by atoms with van der Waals surface area (Å²) in [6.07, 6.45) is 3.38. The third-order valence-electron chi connectivity index (χ3n) is 3.27. The molecule has 1 saturated heterocycles. The summed E-state index contributed by atoms with van der Waals surface area (Å²) in [6, 6.07) is 6.11. The highest BCUT2D eigenvalue weighted by atomic mass is 79.9. The maximum atomic E-state index is 4.70. The molecular formula is C12H14BrN3. The van der Waals surface area contributed by atoms with Crippen LogP contribution < -0.4 is 0 Å². The Morgan fingerprint density at radius 3 is 3.00 bits per heavy atom. The molecule has 0 amide bonds. The Labute approximate surface area is 103 Å². The molecule has 2 aromatic rings. The smallest absolute Gasteiger partial charge is 0.137 e. The number of aromatic nitrogens is 2. The number of rotatable bonds is 1. The molecule has 0 radical (unpaired) electrons. The van der Waals surface area contributed by atoms with Gasteiger partial charge in [-0.15, -0.1) is 0 Å². The molecule has 1 aliphatic heterocycles. The second kappa shape index (κ2) is 3.86. The van der Waals surface area contributed by atoms with Crippen LogP contribution in [0.3, 0.4) is 0 Å². The van der Waals surface area contributed by atoms with Gasteiger partial charge >= 0.3 is 0 Å². The first kappa shape index (κ1) is 10.3. The fourth-order valence-electron chi connectivity index (χ4n) is 2.37. The van der Waals surface area contributed by atoms with E-state index in [2.05, 4.69) is 38.5 Å². The molecule has 3 heterocycles. The first-order valence-corrected chi connectivity index (χ1v) is 6.35. The van der Waals surface area contributed by atoms with Crippen LogP contribution in [0.4, 0.5) is 0 Å². The molecule has 84 valence electrons. The summed E-state index contributed by atoms with van der Waals surface area (Å²) in [5, 5.41) is 0. The van der Waals surface area contributed by atoms with Crippen molar-refractivity contribution < 1.29 is 0 Å². The zero-order valence-corrected chi connectivity index (χ0v) is 10.8. The number of likely N-dealkylation sites (N-methyl/N-ethyl adjacent to an activating group) is 1. The lowest BCUT2D eigenvalue weighted by Crippen LogP contribution is -2.13. The van der Waals surface area contributed by atoms with Crippen LogP contribution in [0.15, 0.2) is 29.0 Å². The van der Waals surface area contributed by atoms with Gasteiger partial charge in [-0.3, -0.25) is 4.40 Å². The highest BCUT2D eigenvalue weighted by Crippen LogP contribution is 2.26. The van der Waals surface area contributed by atoms with Crippen LogP contribution in [0.5, 0.6) is 0 Å². The number of hydrogen-bond acceptors (Lipinski definition) is 2. The van der Waals surface area contributed by atoms with Gasteiger partial charge in [-0.2, -0.15) is 0 Å². The van der Waals surface area contributed by atoms with Crippen molar-refractivity contribution in [3.63, 3.8) is 0 Å². The fraction of sp³-hybridized carbons (Fsp3) is 0.417. The Balaban J connectivity index is 2.02. The molecule has 1 unspecified atom stereocenters. The van der Waals surface area contributed by atoms with E-state index in [1.165, 1.54) is 18.7 Å². The van der Waals surface area contributed by atoms with Gasteiger partial charge < -0.3 is 4.90 Å². The predicted octanol–water partition coefficient (Wildman–Crippen LogP) is 2.52. The van der Waals surface area contributed by atoms with Crippen molar-refractivity contribution in [3.8, 4) is 0 Å². The van der Waals surface area contributed by atoms with Gasteiger partial charge in [0.05, 0.1) is 10.3 Å². The largest absolute Gasteiger partial charge is 0.306 e. The van der Waals surface area contributed by atoms with E-state index in [1.807, 2.05) is 18.2 Å². The van der Waals surface area contributed by atoms with Crippen molar-refractivity contribution in [2.24, 2.45) is 0 Å². The summed E-state index contributed by atoms with van der Waals surface area (Å²) in [5.74, 6) is 0.594. The van der Waals surface area contributed by atoms with Gasteiger partial charge in [0.2, 0.25) is 0 Å². The summed E-state index contributed by atoms with van der Waals surface area (Å²) in [5.41, 5.74) is 2.25. The third kappa shape index (κ3) is 1.66. The molecule has 16 heavy (non-hydrogen) atoms. The number of fused-ring (bicyclic) bond motifs is 1. The summed E-state index contributed by atoms with van der Waals surface area (Å²) >= 11 is 3.54. The van der Waals surface area contributed by atoms with Gasteiger partial charge in [-0.05, 0) is 48.1 Å². The number of nitrogens with zero attached hydrogens (tertiary/aromatic N) is 3. The molecule has 0 N–H and O–H groups in total. The zero-order chi connectivity index (χ0) is 11.1. The standard InChI is InChI=1S/C12H14BrN3/c1-15-6-5-9(7-15)10-8-16-11(13)3-2-4-12(16)14-10/h2-4,8-9H,5-7H2,1H3. The molecule has 3 nitrogen and oxygen atoms in total. The minimum atomic E-state index is 0.594. The maximum Gasteiger partial charge on any atom is 0.137 e. The lowest BCUT2D eigenvalue weighted by molar-refractivity contribution is 0.411. The third-order valence-corrected chi connectivity index (χ3v) is 3.92. The summed E-state index contributed by atoms with van der Waals surface area (Å²) in [6.45, 7) is 2.31. The Kier molecular flexibility index (Phi) is 2.48. The molecule has 0 bridgehead atoms.